The second kappa shape index (κ2) is 6.20. The van der Waals surface area contributed by atoms with Crippen LogP contribution in [0.5, 0.6) is 23.0 Å². The van der Waals surface area contributed by atoms with Gasteiger partial charge in [0.1, 0.15) is 24.7 Å². The lowest BCUT2D eigenvalue weighted by Crippen LogP contribution is -2.24. The summed E-state index contributed by atoms with van der Waals surface area (Å²) in [4.78, 5) is 12.2. The number of carbonyl (C=O) groups excluding carboxylic acids is 1. The first-order chi connectivity index (χ1) is 12.2. The smallest absolute Gasteiger partial charge is 0.225 e. The molecule has 0 aromatic heterocycles. The first-order valence-electron chi connectivity index (χ1n) is 8.15. The molecule has 6 heteroatoms. The Bertz CT molecular complexity index is 833. The Kier molecular flexibility index (Phi) is 3.87. The van der Waals surface area contributed by atoms with Gasteiger partial charge in [-0.1, -0.05) is 6.07 Å². The topological polar surface area (TPSA) is 66.0 Å². The van der Waals surface area contributed by atoms with Gasteiger partial charge >= 0.3 is 0 Å². The molecule has 0 bridgehead atoms. The molecule has 1 atom stereocenters. The molecule has 2 aliphatic rings. The van der Waals surface area contributed by atoms with Crippen LogP contribution in [-0.4, -0.2) is 33.3 Å². The fourth-order valence-electron chi connectivity index (χ4n) is 3.40. The van der Waals surface area contributed by atoms with Crippen molar-refractivity contribution < 1.29 is 23.7 Å². The monoisotopic (exact) mass is 341 g/mol. The van der Waals surface area contributed by atoms with E-state index in [1.165, 1.54) is 0 Å². The predicted molar refractivity (Wildman–Crippen MR) is 92.1 cm³/mol. The molecule has 2 aromatic carbocycles. The van der Waals surface area contributed by atoms with Crippen molar-refractivity contribution in [2.24, 2.45) is 0 Å². The average molecular weight is 341 g/mol. The molecular weight excluding hydrogens is 322 g/mol. The number of amides is 1. The first kappa shape index (κ1) is 15.6. The minimum Gasteiger partial charge on any atom is -0.497 e. The van der Waals surface area contributed by atoms with Crippen molar-refractivity contribution >= 4 is 11.6 Å². The van der Waals surface area contributed by atoms with Crippen LogP contribution in [0.1, 0.15) is 23.5 Å². The van der Waals surface area contributed by atoms with E-state index in [9.17, 15) is 4.79 Å². The van der Waals surface area contributed by atoms with Crippen LogP contribution in [0.15, 0.2) is 30.3 Å². The highest BCUT2D eigenvalue weighted by atomic mass is 16.6. The van der Waals surface area contributed by atoms with Gasteiger partial charge in [-0.05, 0) is 17.7 Å². The van der Waals surface area contributed by atoms with Crippen molar-refractivity contribution in [3.63, 3.8) is 0 Å². The van der Waals surface area contributed by atoms with E-state index in [1.54, 1.807) is 14.2 Å². The van der Waals surface area contributed by atoms with Gasteiger partial charge in [0, 0.05) is 30.0 Å². The highest BCUT2D eigenvalue weighted by molar-refractivity contribution is 5.96. The number of carbonyl (C=O) groups is 1. The molecule has 130 valence electrons. The molecule has 6 nitrogen and oxygen atoms in total. The molecule has 0 saturated heterocycles. The second-order valence-electron chi connectivity index (χ2n) is 6.00. The van der Waals surface area contributed by atoms with Crippen molar-refractivity contribution in [1.29, 1.82) is 0 Å². The second-order valence-corrected chi connectivity index (χ2v) is 6.00. The molecule has 1 N–H and O–H groups in total. The lowest BCUT2D eigenvalue weighted by atomic mass is 9.84. The Balaban J connectivity index is 1.83. The van der Waals surface area contributed by atoms with E-state index in [2.05, 4.69) is 5.32 Å². The van der Waals surface area contributed by atoms with Gasteiger partial charge < -0.3 is 24.3 Å². The maximum Gasteiger partial charge on any atom is 0.225 e. The fraction of sp³-hybridized carbons (Fsp3) is 0.316. The maximum absolute atomic E-state index is 12.2. The van der Waals surface area contributed by atoms with Gasteiger partial charge in [-0.3, -0.25) is 4.79 Å². The van der Waals surface area contributed by atoms with E-state index in [-0.39, 0.29) is 11.8 Å². The van der Waals surface area contributed by atoms with Crippen LogP contribution in [0.3, 0.4) is 0 Å². The zero-order valence-electron chi connectivity index (χ0n) is 14.1. The lowest BCUT2D eigenvalue weighted by Gasteiger charge is -2.29. The number of benzene rings is 2. The van der Waals surface area contributed by atoms with E-state index >= 15 is 0 Å². The molecule has 1 unspecified atom stereocenters. The first-order valence-corrected chi connectivity index (χ1v) is 8.15. The number of anilines is 1. The summed E-state index contributed by atoms with van der Waals surface area (Å²) in [5.41, 5.74) is 2.65. The summed E-state index contributed by atoms with van der Waals surface area (Å²) in [5.74, 6) is 2.61. The molecule has 2 heterocycles. The van der Waals surface area contributed by atoms with E-state index in [0.29, 0.717) is 42.6 Å². The Labute approximate surface area is 145 Å². The molecule has 0 fully saturated rings. The van der Waals surface area contributed by atoms with Crippen LogP contribution in [-0.2, 0) is 4.79 Å². The predicted octanol–water partition coefficient (Wildman–Crippen LogP) is 2.95. The van der Waals surface area contributed by atoms with Crippen molar-refractivity contribution in [3.05, 3.63) is 41.5 Å². The van der Waals surface area contributed by atoms with E-state index < -0.39 is 0 Å². The number of nitrogens with one attached hydrogen (secondary N) is 1. The van der Waals surface area contributed by atoms with Crippen LogP contribution in [0.4, 0.5) is 5.69 Å². The summed E-state index contributed by atoms with van der Waals surface area (Å²) < 4.78 is 22.1. The molecule has 1 amide bonds. The van der Waals surface area contributed by atoms with Crippen molar-refractivity contribution in [3.8, 4) is 23.0 Å². The summed E-state index contributed by atoms with van der Waals surface area (Å²) in [6.45, 7) is 1.08. The Hall–Kier alpha value is -2.89. The number of methoxy groups -OCH3 is 2. The molecule has 0 aliphatic carbocycles. The number of ether oxygens (including phenoxy) is 4. The standard InChI is InChI=1S/C19H19NO5/c1-22-12-8-14-19(17(9-12)23-2)13(10-18(21)20-14)11-3-4-15-16(7-11)25-6-5-24-15/h3-4,7-9,13H,5-6,10H2,1-2H3,(H,20,21). The molecule has 2 aromatic rings. The molecule has 0 spiro atoms. The third-order valence-corrected chi connectivity index (χ3v) is 4.55. The highest BCUT2D eigenvalue weighted by Crippen LogP contribution is 2.46. The van der Waals surface area contributed by atoms with Gasteiger partial charge in [0.2, 0.25) is 5.91 Å². The Morgan fingerprint density at radius 1 is 1.04 bits per heavy atom. The van der Waals surface area contributed by atoms with E-state index in [4.69, 9.17) is 18.9 Å². The van der Waals surface area contributed by atoms with E-state index in [1.807, 2.05) is 30.3 Å². The Morgan fingerprint density at radius 3 is 2.60 bits per heavy atom. The van der Waals surface area contributed by atoms with Gasteiger partial charge in [0.25, 0.3) is 0 Å². The van der Waals surface area contributed by atoms with Crippen molar-refractivity contribution in [2.75, 3.05) is 32.8 Å². The van der Waals surface area contributed by atoms with Crippen molar-refractivity contribution in [2.45, 2.75) is 12.3 Å². The summed E-state index contributed by atoms with van der Waals surface area (Å²) in [5, 5.41) is 2.92. The maximum atomic E-state index is 12.2. The lowest BCUT2D eigenvalue weighted by molar-refractivity contribution is -0.116. The third-order valence-electron chi connectivity index (χ3n) is 4.55. The van der Waals surface area contributed by atoms with Crippen molar-refractivity contribution in [1.82, 2.24) is 0 Å². The molecular formula is C19H19NO5. The third kappa shape index (κ3) is 2.73. The summed E-state index contributed by atoms with van der Waals surface area (Å²) >= 11 is 0. The largest absolute Gasteiger partial charge is 0.497 e. The molecule has 2 aliphatic heterocycles. The van der Waals surface area contributed by atoms with Crippen LogP contribution < -0.4 is 24.3 Å². The van der Waals surface area contributed by atoms with Crippen LogP contribution in [0.25, 0.3) is 0 Å². The zero-order chi connectivity index (χ0) is 17.4. The van der Waals surface area contributed by atoms with Gasteiger partial charge in [0.05, 0.1) is 19.9 Å². The summed E-state index contributed by atoms with van der Waals surface area (Å²) in [6, 6.07) is 9.47. The van der Waals surface area contributed by atoms with Gasteiger partial charge in [-0.25, -0.2) is 0 Å². The molecule has 4 rings (SSSR count). The van der Waals surface area contributed by atoms with Crippen LogP contribution >= 0.6 is 0 Å². The number of hydrogen-bond acceptors (Lipinski definition) is 5. The average Bonchev–Trinajstić information content (AvgIpc) is 2.65. The normalized spacial score (nSPS) is 18.2. The minimum atomic E-state index is -0.125. The van der Waals surface area contributed by atoms with Gasteiger partial charge in [-0.15, -0.1) is 0 Å². The Morgan fingerprint density at radius 2 is 1.84 bits per heavy atom. The molecule has 0 saturated carbocycles. The fourth-order valence-corrected chi connectivity index (χ4v) is 3.40. The number of fused-ring (bicyclic) bond motifs is 2. The van der Waals surface area contributed by atoms with Crippen LogP contribution in [0.2, 0.25) is 0 Å². The quantitative estimate of drug-likeness (QED) is 0.930. The molecule has 25 heavy (non-hydrogen) atoms. The van der Waals surface area contributed by atoms with Crippen LogP contribution in [0, 0.1) is 0 Å². The number of rotatable bonds is 3. The van der Waals surface area contributed by atoms with Gasteiger partial charge in [0.15, 0.2) is 11.5 Å². The highest BCUT2D eigenvalue weighted by Gasteiger charge is 2.31. The SMILES string of the molecule is COc1cc2c(c(OC)c1)C(c1ccc3c(c1)OCCO3)CC(=O)N2. The summed E-state index contributed by atoms with van der Waals surface area (Å²) in [7, 11) is 3.20. The number of hydrogen-bond donors (Lipinski definition) is 1. The minimum absolute atomic E-state index is 0.0392. The molecule has 0 radical (unpaired) electrons. The summed E-state index contributed by atoms with van der Waals surface area (Å²) in [6.07, 6.45) is 0.343. The van der Waals surface area contributed by atoms with Gasteiger partial charge in [-0.2, -0.15) is 0 Å². The zero-order valence-corrected chi connectivity index (χ0v) is 14.1. The van der Waals surface area contributed by atoms with E-state index in [0.717, 1.165) is 16.9 Å².